The quantitative estimate of drug-likeness (QED) is 0.780. The first-order valence-corrected chi connectivity index (χ1v) is 7.22. The zero-order valence-electron chi connectivity index (χ0n) is 12.0. The molecular formula is C17H21ClN2. The lowest BCUT2D eigenvalue weighted by Gasteiger charge is -2.28. The summed E-state index contributed by atoms with van der Waals surface area (Å²) in [7, 11) is 0. The number of halogens is 1. The molecule has 2 aromatic rings. The van der Waals surface area contributed by atoms with Gasteiger partial charge >= 0.3 is 0 Å². The Labute approximate surface area is 126 Å². The maximum absolute atomic E-state index is 6.05. The van der Waals surface area contributed by atoms with Crippen LogP contribution in [0.5, 0.6) is 0 Å². The molecule has 0 atom stereocenters. The number of aryl methyl sites for hydroxylation is 1. The second-order valence-corrected chi connectivity index (χ2v) is 6.10. The largest absolute Gasteiger partial charge is 0.396 e. The van der Waals surface area contributed by atoms with Crippen molar-refractivity contribution in [2.75, 3.05) is 11.1 Å². The van der Waals surface area contributed by atoms with Gasteiger partial charge in [-0.05, 0) is 44.4 Å². The van der Waals surface area contributed by atoms with E-state index < -0.39 is 0 Å². The number of anilines is 2. The molecular weight excluding hydrogens is 268 g/mol. The predicted molar refractivity (Wildman–Crippen MR) is 88.3 cm³/mol. The molecule has 0 fully saturated rings. The smallest absolute Gasteiger partial charge is 0.0739 e. The van der Waals surface area contributed by atoms with Crippen molar-refractivity contribution in [2.24, 2.45) is 0 Å². The van der Waals surface area contributed by atoms with Crippen LogP contribution in [0.3, 0.4) is 0 Å². The summed E-state index contributed by atoms with van der Waals surface area (Å²) >= 11 is 6.05. The Bertz CT molecular complexity index is 564. The minimum Gasteiger partial charge on any atom is -0.396 e. The van der Waals surface area contributed by atoms with Crippen LogP contribution < -0.4 is 11.1 Å². The van der Waals surface area contributed by atoms with E-state index in [1.54, 1.807) is 6.07 Å². The molecule has 0 saturated carbocycles. The van der Waals surface area contributed by atoms with Gasteiger partial charge in [-0.25, -0.2) is 0 Å². The first-order chi connectivity index (χ1) is 9.48. The molecule has 0 aliphatic carbocycles. The van der Waals surface area contributed by atoms with E-state index >= 15 is 0 Å². The summed E-state index contributed by atoms with van der Waals surface area (Å²) in [6.45, 7) is 4.35. The molecule has 0 aliphatic heterocycles. The molecule has 0 aliphatic rings. The van der Waals surface area contributed by atoms with Gasteiger partial charge in [0.25, 0.3) is 0 Å². The van der Waals surface area contributed by atoms with E-state index in [0.717, 1.165) is 18.5 Å². The van der Waals surface area contributed by atoms with E-state index in [1.165, 1.54) is 5.56 Å². The van der Waals surface area contributed by atoms with Gasteiger partial charge in [-0.15, -0.1) is 0 Å². The Hall–Kier alpha value is -1.67. The van der Waals surface area contributed by atoms with Gasteiger partial charge < -0.3 is 11.1 Å². The zero-order chi connectivity index (χ0) is 14.6. The number of para-hydroxylation sites is 1. The van der Waals surface area contributed by atoms with E-state index in [-0.39, 0.29) is 5.54 Å². The minimum absolute atomic E-state index is 0.0470. The van der Waals surface area contributed by atoms with Crippen molar-refractivity contribution in [1.29, 1.82) is 0 Å². The highest BCUT2D eigenvalue weighted by atomic mass is 35.5. The SMILES string of the molecule is CC(C)(CCc1ccccc1)Nc1cccc(Cl)c1N. The fourth-order valence-corrected chi connectivity index (χ4v) is 2.35. The first-order valence-electron chi connectivity index (χ1n) is 6.84. The second kappa shape index (κ2) is 6.19. The van der Waals surface area contributed by atoms with Gasteiger partial charge in [0.15, 0.2) is 0 Å². The summed E-state index contributed by atoms with van der Waals surface area (Å²) in [6, 6.07) is 16.2. The third-order valence-corrected chi connectivity index (χ3v) is 3.74. The molecule has 0 unspecified atom stereocenters. The molecule has 2 rings (SSSR count). The molecule has 0 heterocycles. The number of nitrogens with one attached hydrogen (secondary N) is 1. The number of hydrogen-bond donors (Lipinski definition) is 2. The molecule has 0 saturated heterocycles. The molecule has 0 spiro atoms. The van der Waals surface area contributed by atoms with E-state index in [9.17, 15) is 0 Å². The van der Waals surface area contributed by atoms with E-state index in [4.69, 9.17) is 17.3 Å². The molecule has 3 N–H and O–H groups in total. The standard InChI is InChI=1S/C17H21ClN2/c1-17(2,12-11-13-7-4-3-5-8-13)20-15-10-6-9-14(18)16(15)19/h3-10,20H,11-12,19H2,1-2H3. The van der Waals surface area contributed by atoms with Crippen molar-refractivity contribution in [3.05, 3.63) is 59.1 Å². The Morgan fingerprint density at radius 2 is 1.75 bits per heavy atom. The number of benzene rings is 2. The lowest BCUT2D eigenvalue weighted by Crippen LogP contribution is -2.31. The number of rotatable bonds is 5. The molecule has 2 aromatic carbocycles. The molecule has 2 nitrogen and oxygen atoms in total. The number of nitrogen functional groups attached to an aromatic ring is 1. The van der Waals surface area contributed by atoms with Crippen molar-refractivity contribution >= 4 is 23.0 Å². The number of hydrogen-bond acceptors (Lipinski definition) is 2. The Morgan fingerprint density at radius 3 is 2.45 bits per heavy atom. The molecule has 3 heteroatoms. The van der Waals surface area contributed by atoms with Crippen molar-refractivity contribution in [1.82, 2.24) is 0 Å². The highest BCUT2D eigenvalue weighted by molar-refractivity contribution is 6.33. The highest BCUT2D eigenvalue weighted by Crippen LogP contribution is 2.30. The second-order valence-electron chi connectivity index (χ2n) is 5.70. The van der Waals surface area contributed by atoms with Gasteiger partial charge in [0.1, 0.15) is 0 Å². The summed E-state index contributed by atoms with van der Waals surface area (Å²) in [5.41, 5.74) is 8.82. The van der Waals surface area contributed by atoms with Crippen LogP contribution in [0.15, 0.2) is 48.5 Å². The van der Waals surface area contributed by atoms with E-state index in [0.29, 0.717) is 10.7 Å². The van der Waals surface area contributed by atoms with Crippen molar-refractivity contribution in [3.8, 4) is 0 Å². The van der Waals surface area contributed by atoms with Crippen LogP contribution in [0.2, 0.25) is 5.02 Å². The molecule has 0 aromatic heterocycles. The van der Waals surface area contributed by atoms with Crippen molar-refractivity contribution in [3.63, 3.8) is 0 Å². The van der Waals surface area contributed by atoms with Gasteiger partial charge in [-0.1, -0.05) is 48.0 Å². The van der Waals surface area contributed by atoms with Gasteiger partial charge in [0.05, 0.1) is 16.4 Å². The summed E-state index contributed by atoms with van der Waals surface area (Å²) in [4.78, 5) is 0. The molecule has 0 amide bonds. The van der Waals surface area contributed by atoms with Crippen LogP contribution in [-0.2, 0) is 6.42 Å². The van der Waals surface area contributed by atoms with Gasteiger partial charge in [-0.2, -0.15) is 0 Å². The van der Waals surface area contributed by atoms with Crippen LogP contribution in [0, 0.1) is 0 Å². The molecule has 20 heavy (non-hydrogen) atoms. The summed E-state index contributed by atoms with van der Waals surface area (Å²) in [5.74, 6) is 0. The molecule has 106 valence electrons. The van der Waals surface area contributed by atoms with E-state index in [1.807, 2.05) is 18.2 Å². The third-order valence-electron chi connectivity index (χ3n) is 3.41. The fourth-order valence-electron chi connectivity index (χ4n) is 2.17. The topological polar surface area (TPSA) is 38.0 Å². The van der Waals surface area contributed by atoms with Crippen LogP contribution in [0.25, 0.3) is 0 Å². The summed E-state index contributed by atoms with van der Waals surface area (Å²) in [5, 5.41) is 4.08. The highest BCUT2D eigenvalue weighted by Gasteiger charge is 2.18. The monoisotopic (exact) mass is 288 g/mol. The summed E-state index contributed by atoms with van der Waals surface area (Å²) < 4.78 is 0. The van der Waals surface area contributed by atoms with Crippen molar-refractivity contribution < 1.29 is 0 Å². The molecule has 0 radical (unpaired) electrons. The first kappa shape index (κ1) is 14.7. The minimum atomic E-state index is -0.0470. The fraction of sp³-hybridized carbons (Fsp3) is 0.294. The lowest BCUT2D eigenvalue weighted by atomic mass is 9.95. The van der Waals surface area contributed by atoms with Crippen LogP contribution in [0.4, 0.5) is 11.4 Å². The van der Waals surface area contributed by atoms with Crippen LogP contribution in [-0.4, -0.2) is 5.54 Å². The number of nitrogens with two attached hydrogens (primary N) is 1. The Morgan fingerprint density at radius 1 is 1.05 bits per heavy atom. The average Bonchev–Trinajstić information content (AvgIpc) is 2.43. The maximum Gasteiger partial charge on any atom is 0.0739 e. The zero-order valence-corrected chi connectivity index (χ0v) is 12.7. The normalized spacial score (nSPS) is 11.3. The van der Waals surface area contributed by atoms with Crippen LogP contribution >= 0.6 is 11.6 Å². The van der Waals surface area contributed by atoms with Crippen molar-refractivity contribution in [2.45, 2.75) is 32.2 Å². The summed E-state index contributed by atoms with van der Waals surface area (Å²) in [6.07, 6.45) is 2.05. The molecule has 0 bridgehead atoms. The average molecular weight is 289 g/mol. The predicted octanol–water partition coefficient (Wildman–Crippen LogP) is 4.75. The lowest BCUT2D eigenvalue weighted by molar-refractivity contribution is 0.519. The maximum atomic E-state index is 6.05. The van der Waals surface area contributed by atoms with Crippen LogP contribution in [0.1, 0.15) is 25.8 Å². The Balaban J connectivity index is 2.02. The van der Waals surface area contributed by atoms with E-state index in [2.05, 4.69) is 43.4 Å². The van der Waals surface area contributed by atoms with Gasteiger partial charge in [0, 0.05) is 5.54 Å². The van der Waals surface area contributed by atoms with Gasteiger partial charge in [0.2, 0.25) is 0 Å². The third kappa shape index (κ3) is 3.91. The Kier molecular flexibility index (Phi) is 4.56. The van der Waals surface area contributed by atoms with Gasteiger partial charge in [-0.3, -0.25) is 0 Å².